The van der Waals surface area contributed by atoms with Gasteiger partial charge in [-0.25, -0.2) is 0 Å². The molecule has 3 atom stereocenters. The zero-order valence-electron chi connectivity index (χ0n) is 14.7. The Morgan fingerprint density at radius 2 is 2.20 bits per heavy atom. The van der Waals surface area contributed by atoms with Crippen LogP contribution in [0.3, 0.4) is 0 Å². The van der Waals surface area contributed by atoms with Crippen molar-refractivity contribution in [1.29, 1.82) is 0 Å². The molecule has 2 aliphatic rings. The van der Waals surface area contributed by atoms with Crippen LogP contribution in [0.4, 0.5) is 0 Å². The average molecular weight is 347 g/mol. The van der Waals surface area contributed by atoms with Crippen molar-refractivity contribution in [2.45, 2.75) is 56.7 Å². The molecule has 1 saturated heterocycles. The molecule has 2 N–H and O–H groups in total. The molecule has 7 nitrogen and oxygen atoms in total. The summed E-state index contributed by atoms with van der Waals surface area (Å²) in [6, 6.07) is 2.89. The van der Waals surface area contributed by atoms with Crippen molar-refractivity contribution >= 4 is 11.8 Å². The predicted octanol–water partition coefficient (Wildman–Crippen LogP) is 1.05. The number of aromatic nitrogens is 1. The van der Waals surface area contributed by atoms with Gasteiger partial charge in [0.05, 0.1) is 17.2 Å². The maximum Gasteiger partial charge on any atom is 0.255 e. The van der Waals surface area contributed by atoms with Gasteiger partial charge in [0.15, 0.2) is 0 Å². The Morgan fingerprint density at radius 1 is 1.40 bits per heavy atom. The van der Waals surface area contributed by atoms with Crippen LogP contribution >= 0.6 is 0 Å². The summed E-state index contributed by atoms with van der Waals surface area (Å²) < 4.78 is 5.85. The first kappa shape index (κ1) is 17.7. The molecule has 0 aromatic carbocycles. The number of nitrogens with zero attached hydrogens (tertiary/aromatic N) is 1. The van der Waals surface area contributed by atoms with Crippen LogP contribution < -0.4 is 10.9 Å². The molecule has 25 heavy (non-hydrogen) atoms. The number of rotatable bonds is 4. The van der Waals surface area contributed by atoms with Gasteiger partial charge in [0.25, 0.3) is 5.91 Å². The van der Waals surface area contributed by atoms with Crippen LogP contribution in [-0.4, -0.2) is 53.0 Å². The van der Waals surface area contributed by atoms with Crippen molar-refractivity contribution in [2.24, 2.45) is 0 Å². The van der Waals surface area contributed by atoms with Crippen molar-refractivity contribution in [3.05, 3.63) is 34.2 Å². The van der Waals surface area contributed by atoms with Crippen LogP contribution in [0, 0.1) is 0 Å². The number of hydrogen-bond acceptors (Lipinski definition) is 4. The fourth-order valence-electron chi connectivity index (χ4n) is 4.11. The van der Waals surface area contributed by atoms with Crippen LogP contribution in [-0.2, 0) is 9.53 Å². The van der Waals surface area contributed by atoms with Crippen LogP contribution in [0.1, 0.15) is 49.4 Å². The second-order valence-electron chi connectivity index (χ2n) is 6.87. The third-order valence-electron chi connectivity index (χ3n) is 5.57. The van der Waals surface area contributed by atoms with E-state index >= 15 is 0 Å². The third kappa shape index (κ3) is 3.33. The Labute approximate surface area is 146 Å². The minimum Gasteiger partial charge on any atom is -0.376 e. The van der Waals surface area contributed by atoms with E-state index in [9.17, 15) is 14.4 Å². The van der Waals surface area contributed by atoms with Crippen molar-refractivity contribution in [3.8, 4) is 0 Å². The molecule has 2 amide bonds. The van der Waals surface area contributed by atoms with Crippen molar-refractivity contribution in [2.75, 3.05) is 13.7 Å². The van der Waals surface area contributed by atoms with E-state index in [-0.39, 0.29) is 35.1 Å². The maximum atomic E-state index is 12.9. The number of fused-ring (bicyclic) bond motifs is 1. The van der Waals surface area contributed by atoms with Gasteiger partial charge in [-0.1, -0.05) is 6.92 Å². The molecule has 1 aromatic rings. The number of likely N-dealkylation sites (tertiary alicyclic amines) is 1. The minimum absolute atomic E-state index is 0.0337. The van der Waals surface area contributed by atoms with E-state index in [1.807, 2.05) is 11.8 Å². The highest BCUT2D eigenvalue weighted by Gasteiger charge is 2.52. The van der Waals surface area contributed by atoms with Gasteiger partial charge < -0.3 is 19.9 Å². The lowest BCUT2D eigenvalue weighted by Crippen LogP contribution is -2.55. The largest absolute Gasteiger partial charge is 0.376 e. The number of pyridine rings is 1. The minimum atomic E-state index is -0.342. The molecule has 1 aliphatic heterocycles. The van der Waals surface area contributed by atoms with E-state index in [0.717, 1.165) is 19.3 Å². The van der Waals surface area contributed by atoms with Crippen molar-refractivity contribution < 1.29 is 14.3 Å². The first-order valence-electron chi connectivity index (χ1n) is 8.83. The number of nitrogens with one attached hydrogen (secondary N) is 2. The predicted molar refractivity (Wildman–Crippen MR) is 92.3 cm³/mol. The molecule has 2 fully saturated rings. The molecule has 0 bridgehead atoms. The number of carbonyl (C=O) groups excluding carboxylic acids is 2. The summed E-state index contributed by atoms with van der Waals surface area (Å²) in [5.41, 5.74) is -0.110. The SMILES string of the molecule is CCC(=O)NC1CC[C@@]2(OC)CCN(C(=O)c3ccc(=O)[nH]c3)C2C1. The highest BCUT2D eigenvalue weighted by Crippen LogP contribution is 2.42. The molecule has 3 rings (SSSR count). The van der Waals surface area contributed by atoms with E-state index in [2.05, 4.69) is 10.3 Å². The maximum absolute atomic E-state index is 12.9. The highest BCUT2D eigenvalue weighted by molar-refractivity contribution is 5.94. The first-order chi connectivity index (χ1) is 12.0. The molecule has 1 saturated carbocycles. The zero-order chi connectivity index (χ0) is 18.0. The van der Waals surface area contributed by atoms with Crippen LogP contribution in [0.5, 0.6) is 0 Å². The Bertz CT molecular complexity index is 696. The third-order valence-corrected chi connectivity index (χ3v) is 5.57. The molecule has 0 radical (unpaired) electrons. The van der Waals surface area contributed by atoms with Gasteiger partial charge in [-0.05, 0) is 31.7 Å². The molecular formula is C18H25N3O4. The standard InChI is InChI=1S/C18H25N3O4/c1-3-15(22)20-13-6-7-18(25-2)8-9-21(14(18)10-13)17(24)12-4-5-16(23)19-11-12/h4-5,11,13-14H,3,6-10H2,1-2H3,(H,19,23)(H,20,22)/t13?,14?,18-/m1/s1. The molecule has 2 unspecified atom stereocenters. The number of ether oxygens (including phenoxy) is 1. The lowest BCUT2D eigenvalue weighted by molar-refractivity contribution is -0.122. The molecule has 2 heterocycles. The monoisotopic (exact) mass is 347 g/mol. The van der Waals surface area contributed by atoms with Crippen LogP contribution in [0.15, 0.2) is 23.1 Å². The lowest BCUT2D eigenvalue weighted by atomic mass is 9.78. The number of H-pyrrole nitrogens is 1. The van der Waals surface area contributed by atoms with Gasteiger partial charge >= 0.3 is 0 Å². The van der Waals surface area contributed by atoms with E-state index < -0.39 is 0 Å². The van der Waals surface area contributed by atoms with Crippen molar-refractivity contribution in [1.82, 2.24) is 15.2 Å². The van der Waals surface area contributed by atoms with E-state index in [1.54, 1.807) is 13.2 Å². The summed E-state index contributed by atoms with van der Waals surface area (Å²) in [4.78, 5) is 40.3. The van der Waals surface area contributed by atoms with E-state index in [1.165, 1.54) is 12.3 Å². The fourth-order valence-corrected chi connectivity index (χ4v) is 4.11. The summed E-state index contributed by atoms with van der Waals surface area (Å²) in [7, 11) is 1.70. The van der Waals surface area contributed by atoms with Gasteiger partial charge in [-0.2, -0.15) is 0 Å². The Kier molecular flexibility index (Phi) is 4.94. The van der Waals surface area contributed by atoms with Gasteiger partial charge in [0, 0.05) is 38.4 Å². The Morgan fingerprint density at radius 3 is 2.84 bits per heavy atom. The smallest absolute Gasteiger partial charge is 0.255 e. The summed E-state index contributed by atoms with van der Waals surface area (Å²) in [6.07, 6.45) is 5.06. The Balaban J connectivity index is 1.80. The first-order valence-corrected chi connectivity index (χ1v) is 8.83. The molecule has 1 aromatic heterocycles. The molecular weight excluding hydrogens is 322 g/mol. The number of carbonyl (C=O) groups is 2. The molecule has 7 heteroatoms. The number of methoxy groups -OCH3 is 1. The lowest BCUT2D eigenvalue weighted by Gasteiger charge is -2.43. The normalized spacial score (nSPS) is 28.5. The average Bonchev–Trinajstić information content (AvgIpc) is 3.01. The van der Waals surface area contributed by atoms with E-state index in [4.69, 9.17) is 4.74 Å². The molecule has 1 aliphatic carbocycles. The zero-order valence-corrected chi connectivity index (χ0v) is 14.7. The molecule has 136 valence electrons. The molecule has 0 spiro atoms. The van der Waals surface area contributed by atoms with E-state index in [0.29, 0.717) is 24.9 Å². The number of amides is 2. The number of aromatic amines is 1. The van der Waals surface area contributed by atoms with Gasteiger partial charge in [-0.15, -0.1) is 0 Å². The second kappa shape index (κ2) is 7.00. The van der Waals surface area contributed by atoms with Crippen LogP contribution in [0.2, 0.25) is 0 Å². The summed E-state index contributed by atoms with van der Waals surface area (Å²) in [6.45, 7) is 2.45. The van der Waals surface area contributed by atoms with Crippen molar-refractivity contribution in [3.63, 3.8) is 0 Å². The van der Waals surface area contributed by atoms with Crippen LogP contribution in [0.25, 0.3) is 0 Å². The summed E-state index contributed by atoms with van der Waals surface area (Å²) >= 11 is 0. The number of hydrogen-bond donors (Lipinski definition) is 2. The van der Waals surface area contributed by atoms with Gasteiger partial charge in [0.1, 0.15) is 0 Å². The quantitative estimate of drug-likeness (QED) is 0.852. The fraction of sp³-hybridized carbons (Fsp3) is 0.611. The van der Waals surface area contributed by atoms with Gasteiger partial charge in [0.2, 0.25) is 11.5 Å². The highest BCUT2D eigenvalue weighted by atomic mass is 16.5. The summed E-state index contributed by atoms with van der Waals surface area (Å²) in [5.74, 6) is -0.0749. The Hall–Kier alpha value is -2.15. The topological polar surface area (TPSA) is 91.5 Å². The second-order valence-corrected chi connectivity index (χ2v) is 6.87. The summed E-state index contributed by atoms with van der Waals surface area (Å²) in [5, 5.41) is 3.05. The van der Waals surface area contributed by atoms with Gasteiger partial charge in [-0.3, -0.25) is 14.4 Å².